The summed E-state index contributed by atoms with van der Waals surface area (Å²) in [7, 11) is 0. The fourth-order valence-corrected chi connectivity index (χ4v) is 5.38. The molecule has 4 nitrogen and oxygen atoms in total. The van der Waals surface area contributed by atoms with Crippen LogP contribution < -0.4 is 0 Å². The van der Waals surface area contributed by atoms with E-state index in [-0.39, 0.29) is 17.3 Å². The van der Waals surface area contributed by atoms with Crippen molar-refractivity contribution in [1.29, 1.82) is 0 Å². The van der Waals surface area contributed by atoms with Crippen molar-refractivity contribution in [3.8, 4) is 0 Å². The highest BCUT2D eigenvalue weighted by molar-refractivity contribution is 5.84. The number of benzene rings is 1. The first-order valence-corrected chi connectivity index (χ1v) is 9.68. The number of likely N-dealkylation sites (tertiary alicyclic amines) is 1. The van der Waals surface area contributed by atoms with Crippen molar-refractivity contribution >= 4 is 11.9 Å². The number of carbonyl (C=O) groups is 2. The Labute approximate surface area is 149 Å². The fourth-order valence-electron chi connectivity index (χ4n) is 5.38. The van der Waals surface area contributed by atoms with Crippen molar-refractivity contribution in [1.82, 2.24) is 4.90 Å². The van der Waals surface area contributed by atoms with E-state index in [1.807, 2.05) is 18.2 Å². The van der Waals surface area contributed by atoms with Gasteiger partial charge in [0.05, 0.1) is 18.4 Å². The number of piperidine rings is 1. The first-order valence-electron chi connectivity index (χ1n) is 9.68. The molecule has 1 aromatic carbocycles. The smallest absolute Gasteiger partial charge is 0.306 e. The van der Waals surface area contributed by atoms with Gasteiger partial charge in [-0.3, -0.25) is 9.59 Å². The molecule has 0 radical (unpaired) electrons. The summed E-state index contributed by atoms with van der Waals surface area (Å²) in [5.41, 5.74) is 0.934. The Morgan fingerprint density at radius 3 is 2.64 bits per heavy atom. The van der Waals surface area contributed by atoms with Gasteiger partial charge in [0.25, 0.3) is 0 Å². The van der Waals surface area contributed by atoms with E-state index in [0.29, 0.717) is 31.4 Å². The molecule has 25 heavy (non-hydrogen) atoms. The standard InChI is InChI=1S/C21H27NO3/c23-19-13-17(15-25-19)18-9-4-5-10-21(18)11-6-12-22(20(21)24)14-16-7-2-1-3-8-16/h1-3,7-8,17-18H,4-6,9-15H2. The Hall–Kier alpha value is -1.84. The minimum Gasteiger partial charge on any atom is -0.465 e. The topological polar surface area (TPSA) is 46.6 Å². The second-order valence-corrected chi connectivity index (χ2v) is 7.97. The first-order chi connectivity index (χ1) is 12.2. The summed E-state index contributed by atoms with van der Waals surface area (Å²) in [6.07, 6.45) is 6.88. The van der Waals surface area contributed by atoms with Gasteiger partial charge in [-0.2, -0.15) is 0 Å². The van der Waals surface area contributed by atoms with Gasteiger partial charge in [-0.05, 0) is 37.2 Å². The molecular formula is C21H27NO3. The van der Waals surface area contributed by atoms with E-state index in [4.69, 9.17) is 4.74 Å². The Morgan fingerprint density at radius 1 is 1.08 bits per heavy atom. The van der Waals surface area contributed by atoms with E-state index >= 15 is 0 Å². The summed E-state index contributed by atoms with van der Waals surface area (Å²) in [6.45, 7) is 2.06. The third kappa shape index (κ3) is 3.07. The highest BCUT2D eigenvalue weighted by atomic mass is 16.5. The SMILES string of the molecule is O=C1CC(C2CCCCC23CCCN(Cc2ccccc2)C3=O)CO1. The van der Waals surface area contributed by atoms with E-state index in [1.165, 1.54) is 12.0 Å². The zero-order chi connectivity index (χ0) is 17.3. The second-order valence-electron chi connectivity index (χ2n) is 7.97. The highest BCUT2D eigenvalue weighted by Crippen LogP contribution is 2.52. The zero-order valence-electron chi connectivity index (χ0n) is 14.8. The molecule has 1 aliphatic carbocycles. The Balaban J connectivity index is 1.57. The molecular weight excluding hydrogens is 314 g/mol. The van der Waals surface area contributed by atoms with E-state index in [1.54, 1.807) is 0 Å². The molecule has 2 saturated heterocycles. The van der Waals surface area contributed by atoms with Crippen molar-refractivity contribution in [2.24, 2.45) is 17.3 Å². The van der Waals surface area contributed by atoms with Crippen molar-refractivity contribution in [3.05, 3.63) is 35.9 Å². The minimum atomic E-state index is -0.260. The highest BCUT2D eigenvalue weighted by Gasteiger charge is 2.53. The van der Waals surface area contributed by atoms with E-state index in [0.717, 1.165) is 38.6 Å². The maximum atomic E-state index is 13.6. The first kappa shape index (κ1) is 16.6. The number of amides is 1. The van der Waals surface area contributed by atoms with Crippen molar-refractivity contribution in [2.75, 3.05) is 13.2 Å². The van der Waals surface area contributed by atoms with E-state index < -0.39 is 0 Å². The zero-order valence-corrected chi connectivity index (χ0v) is 14.8. The lowest BCUT2D eigenvalue weighted by atomic mass is 9.58. The van der Waals surface area contributed by atoms with Crippen LogP contribution in [-0.4, -0.2) is 29.9 Å². The molecule has 1 amide bonds. The molecule has 0 aromatic heterocycles. The van der Waals surface area contributed by atoms with Crippen LogP contribution in [0, 0.1) is 17.3 Å². The molecule has 1 saturated carbocycles. The molecule has 3 fully saturated rings. The number of hydrogen-bond acceptors (Lipinski definition) is 3. The lowest BCUT2D eigenvalue weighted by Gasteiger charge is -2.50. The van der Waals surface area contributed by atoms with Crippen LogP contribution in [0.15, 0.2) is 30.3 Å². The van der Waals surface area contributed by atoms with E-state index in [9.17, 15) is 9.59 Å². The van der Waals surface area contributed by atoms with Crippen molar-refractivity contribution in [2.45, 2.75) is 51.5 Å². The van der Waals surface area contributed by atoms with E-state index in [2.05, 4.69) is 17.0 Å². The summed E-state index contributed by atoms with van der Waals surface area (Å²) in [4.78, 5) is 27.3. The van der Waals surface area contributed by atoms with Crippen LogP contribution >= 0.6 is 0 Å². The largest absolute Gasteiger partial charge is 0.465 e. The minimum absolute atomic E-state index is 0.0878. The average Bonchev–Trinajstić information content (AvgIpc) is 3.06. The van der Waals surface area contributed by atoms with Crippen LogP contribution in [0.25, 0.3) is 0 Å². The van der Waals surface area contributed by atoms with Gasteiger partial charge >= 0.3 is 5.97 Å². The lowest BCUT2D eigenvalue weighted by Crippen LogP contribution is -2.54. The number of ether oxygens (including phenoxy) is 1. The van der Waals surface area contributed by atoms with Crippen LogP contribution in [0.5, 0.6) is 0 Å². The molecule has 4 heteroatoms. The number of cyclic esters (lactones) is 1. The van der Waals surface area contributed by atoms with Gasteiger partial charge in [0.1, 0.15) is 0 Å². The predicted octanol–water partition coefficient (Wildman–Crippen LogP) is 3.55. The molecule has 3 atom stereocenters. The number of nitrogens with zero attached hydrogens (tertiary/aromatic N) is 1. The van der Waals surface area contributed by atoms with Crippen LogP contribution in [0.1, 0.15) is 50.5 Å². The summed E-state index contributed by atoms with van der Waals surface area (Å²) in [5.74, 6) is 0.772. The molecule has 3 aliphatic rings. The molecule has 3 unspecified atom stereocenters. The number of esters is 1. The molecule has 4 rings (SSSR count). The maximum Gasteiger partial charge on any atom is 0.306 e. The van der Waals surface area contributed by atoms with Gasteiger partial charge in [-0.1, -0.05) is 43.2 Å². The molecule has 0 N–H and O–H groups in total. The molecule has 2 heterocycles. The second kappa shape index (κ2) is 6.81. The fraction of sp³-hybridized carbons (Fsp3) is 0.619. The summed E-state index contributed by atoms with van der Waals surface area (Å²) >= 11 is 0. The number of rotatable bonds is 3. The van der Waals surface area contributed by atoms with Gasteiger partial charge in [-0.25, -0.2) is 0 Å². The van der Waals surface area contributed by atoms with Crippen molar-refractivity contribution in [3.63, 3.8) is 0 Å². The van der Waals surface area contributed by atoms with Crippen LogP contribution in [0.2, 0.25) is 0 Å². The molecule has 134 valence electrons. The molecule has 2 aliphatic heterocycles. The quantitative estimate of drug-likeness (QED) is 0.790. The average molecular weight is 341 g/mol. The summed E-state index contributed by atoms with van der Waals surface area (Å²) < 4.78 is 5.25. The summed E-state index contributed by atoms with van der Waals surface area (Å²) in [5, 5.41) is 0. The van der Waals surface area contributed by atoms with Gasteiger partial charge in [0.15, 0.2) is 0 Å². The van der Waals surface area contributed by atoms with Crippen LogP contribution in [0.4, 0.5) is 0 Å². The normalized spacial score (nSPS) is 32.9. The maximum absolute atomic E-state index is 13.6. The summed E-state index contributed by atoms with van der Waals surface area (Å²) in [6, 6.07) is 10.3. The Kier molecular flexibility index (Phi) is 4.53. The lowest BCUT2D eigenvalue weighted by molar-refractivity contribution is -0.156. The van der Waals surface area contributed by atoms with Gasteiger partial charge in [0, 0.05) is 19.0 Å². The third-order valence-electron chi connectivity index (χ3n) is 6.53. The van der Waals surface area contributed by atoms with Crippen LogP contribution in [-0.2, 0) is 20.9 Å². The predicted molar refractivity (Wildman–Crippen MR) is 94.6 cm³/mol. The third-order valence-corrected chi connectivity index (χ3v) is 6.53. The molecule has 1 aromatic rings. The van der Waals surface area contributed by atoms with Gasteiger partial charge in [0.2, 0.25) is 5.91 Å². The monoisotopic (exact) mass is 341 g/mol. The van der Waals surface area contributed by atoms with Crippen molar-refractivity contribution < 1.29 is 14.3 Å². The van der Waals surface area contributed by atoms with Gasteiger partial charge in [-0.15, -0.1) is 0 Å². The number of hydrogen-bond donors (Lipinski definition) is 0. The Bertz CT molecular complexity index is 640. The number of carbonyl (C=O) groups excluding carboxylic acids is 2. The van der Waals surface area contributed by atoms with Crippen LogP contribution in [0.3, 0.4) is 0 Å². The molecule has 1 spiro atoms. The van der Waals surface area contributed by atoms with Gasteiger partial charge < -0.3 is 9.64 Å². The molecule has 0 bridgehead atoms. The Morgan fingerprint density at radius 2 is 1.88 bits per heavy atom.